The molecule has 92 valence electrons. The molecule has 1 aromatic heterocycles. The Hall–Kier alpha value is -1.56. The Balaban J connectivity index is 2.24. The quantitative estimate of drug-likeness (QED) is 0.814. The summed E-state index contributed by atoms with van der Waals surface area (Å²) in [6.07, 6.45) is 0.614. The highest BCUT2D eigenvalue weighted by molar-refractivity contribution is 7.12. The first-order valence-corrected chi connectivity index (χ1v) is 6.44. The highest BCUT2D eigenvalue weighted by Crippen LogP contribution is 2.23. The topological polar surface area (TPSA) is 75.4 Å². The van der Waals surface area contributed by atoms with Crippen LogP contribution in [-0.4, -0.2) is 35.8 Å². The van der Waals surface area contributed by atoms with Crippen LogP contribution in [0.3, 0.4) is 0 Å². The second-order valence-corrected chi connectivity index (χ2v) is 4.83. The van der Waals surface area contributed by atoms with Crippen molar-refractivity contribution in [3.63, 3.8) is 0 Å². The molecule has 1 atom stereocenters. The standard InChI is InChI=1S/C11H15N3O2S/c1-2-8-10(15)13-4-5-14(8)11(16)9-7(12)3-6-17-9/h3,6,8H,2,4-5,12H2,1H3,(H,13,15). The summed E-state index contributed by atoms with van der Waals surface area (Å²) in [6.45, 7) is 2.94. The molecule has 17 heavy (non-hydrogen) atoms. The van der Waals surface area contributed by atoms with Gasteiger partial charge in [-0.1, -0.05) is 6.92 Å². The number of carbonyl (C=O) groups excluding carboxylic acids is 2. The number of amides is 2. The van der Waals surface area contributed by atoms with Gasteiger partial charge in [0.2, 0.25) is 5.91 Å². The van der Waals surface area contributed by atoms with E-state index in [-0.39, 0.29) is 17.9 Å². The third-order valence-corrected chi connectivity index (χ3v) is 3.79. The van der Waals surface area contributed by atoms with E-state index >= 15 is 0 Å². The van der Waals surface area contributed by atoms with E-state index in [9.17, 15) is 9.59 Å². The summed E-state index contributed by atoms with van der Waals surface area (Å²) in [5.74, 6) is -0.221. The summed E-state index contributed by atoms with van der Waals surface area (Å²) >= 11 is 1.32. The fraction of sp³-hybridized carbons (Fsp3) is 0.455. The number of nitrogen functional groups attached to an aromatic ring is 1. The summed E-state index contributed by atoms with van der Waals surface area (Å²) in [6, 6.07) is 1.33. The Kier molecular flexibility index (Phi) is 3.33. The zero-order chi connectivity index (χ0) is 12.4. The van der Waals surface area contributed by atoms with E-state index in [1.807, 2.05) is 6.92 Å². The molecule has 0 aromatic carbocycles. The minimum Gasteiger partial charge on any atom is -0.397 e. The van der Waals surface area contributed by atoms with Crippen molar-refractivity contribution in [2.75, 3.05) is 18.8 Å². The summed E-state index contributed by atoms with van der Waals surface area (Å²) in [5, 5.41) is 4.55. The Labute approximate surface area is 104 Å². The van der Waals surface area contributed by atoms with Gasteiger partial charge in [-0.2, -0.15) is 0 Å². The van der Waals surface area contributed by atoms with Crippen LogP contribution in [0.15, 0.2) is 11.4 Å². The van der Waals surface area contributed by atoms with Gasteiger partial charge in [0, 0.05) is 13.1 Å². The lowest BCUT2D eigenvalue weighted by atomic mass is 10.1. The van der Waals surface area contributed by atoms with Crippen LogP contribution in [0.4, 0.5) is 5.69 Å². The van der Waals surface area contributed by atoms with Gasteiger partial charge in [0.15, 0.2) is 0 Å². The third-order valence-electron chi connectivity index (χ3n) is 2.87. The van der Waals surface area contributed by atoms with E-state index in [0.29, 0.717) is 30.1 Å². The molecular weight excluding hydrogens is 238 g/mol. The molecule has 1 fully saturated rings. The van der Waals surface area contributed by atoms with Crippen molar-refractivity contribution in [3.8, 4) is 0 Å². The molecule has 0 radical (unpaired) electrons. The second kappa shape index (κ2) is 4.75. The normalized spacial score (nSPS) is 20.2. The average Bonchev–Trinajstić information content (AvgIpc) is 2.74. The fourth-order valence-corrected chi connectivity index (χ4v) is 2.76. The molecular formula is C11H15N3O2S. The van der Waals surface area contributed by atoms with Gasteiger partial charge < -0.3 is 16.0 Å². The van der Waals surface area contributed by atoms with Crippen molar-refractivity contribution in [2.24, 2.45) is 0 Å². The highest BCUT2D eigenvalue weighted by atomic mass is 32.1. The summed E-state index contributed by atoms with van der Waals surface area (Å²) in [7, 11) is 0. The second-order valence-electron chi connectivity index (χ2n) is 3.92. The van der Waals surface area contributed by atoms with Crippen LogP contribution in [0.1, 0.15) is 23.0 Å². The smallest absolute Gasteiger partial charge is 0.266 e. The van der Waals surface area contributed by atoms with Crippen molar-refractivity contribution < 1.29 is 9.59 Å². The van der Waals surface area contributed by atoms with Gasteiger partial charge >= 0.3 is 0 Å². The van der Waals surface area contributed by atoms with Gasteiger partial charge in [0.25, 0.3) is 5.91 Å². The van der Waals surface area contributed by atoms with Crippen LogP contribution >= 0.6 is 11.3 Å². The van der Waals surface area contributed by atoms with Crippen molar-refractivity contribution in [1.82, 2.24) is 10.2 Å². The number of thiophene rings is 1. The first-order valence-electron chi connectivity index (χ1n) is 5.56. The molecule has 0 spiro atoms. The summed E-state index contributed by atoms with van der Waals surface area (Å²) in [4.78, 5) is 26.1. The number of anilines is 1. The molecule has 5 nitrogen and oxygen atoms in total. The molecule has 1 aliphatic rings. The van der Waals surface area contributed by atoms with Gasteiger partial charge in [0.05, 0.1) is 5.69 Å². The van der Waals surface area contributed by atoms with Crippen molar-refractivity contribution in [3.05, 3.63) is 16.3 Å². The van der Waals surface area contributed by atoms with Crippen LogP contribution in [0.5, 0.6) is 0 Å². The van der Waals surface area contributed by atoms with Gasteiger partial charge in [-0.25, -0.2) is 0 Å². The van der Waals surface area contributed by atoms with E-state index < -0.39 is 0 Å². The van der Waals surface area contributed by atoms with Crippen LogP contribution < -0.4 is 11.1 Å². The molecule has 1 saturated heterocycles. The molecule has 1 aromatic rings. The van der Waals surface area contributed by atoms with Gasteiger partial charge in [-0.15, -0.1) is 11.3 Å². The Morgan fingerprint density at radius 2 is 2.47 bits per heavy atom. The van der Waals surface area contributed by atoms with Crippen LogP contribution in [0, 0.1) is 0 Å². The lowest BCUT2D eigenvalue weighted by Gasteiger charge is -2.34. The molecule has 2 heterocycles. The summed E-state index contributed by atoms with van der Waals surface area (Å²) in [5.41, 5.74) is 6.22. The number of hydrogen-bond donors (Lipinski definition) is 2. The third kappa shape index (κ3) is 2.12. The molecule has 0 aliphatic carbocycles. The maximum atomic E-state index is 12.3. The maximum absolute atomic E-state index is 12.3. The minimum atomic E-state index is -0.377. The molecule has 1 aliphatic heterocycles. The molecule has 3 N–H and O–H groups in total. The Bertz CT molecular complexity index is 444. The van der Waals surface area contributed by atoms with Crippen molar-refractivity contribution >= 4 is 28.8 Å². The largest absolute Gasteiger partial charge is 0.397 e. The SMILES string of the molecule is CCC1C(=O)NCCN1C(=O)c1sccc1N. The van der Waals surface area contributed by atoms with E-state index in [1.165, 1.54) is 11.3 Å². The fourth-order valence-electron chi connectivity index (χ4n) is 1.99. The predicted molar refractivity (Wildman–Crippen MR) is 66.9 cm³/mol. The molecule has 0 saturated carbocycles. The van der Waals surface area contributed by atoms with Gasteiger partial charge in [0.1, 0.15) is 10.9 Å². The first-order chi connectivity index (χ1) is 8.15. The van der Waals surface area contributed by atoms with Gasteiger partial charge in [-0.05, 0) is 17.9 Å². The highest BCUT2D eigenvalue weighted by Gasteiger charge is 2.33. The zero-order valence-corrected chi connectivity index (χ0v) is 10.4. The monoisotopic (exact) mass is 253 g/mol. The lowest BCUT2D eigenvalue weighted by Crippen LogP contribution is -2.56. The number of hydrogen-bond acceptors (Lipinski definition) is 4. The van der Waals surface area contributed by atoms with E-state index in [0.717, 1.165) is 0 Å². The Morgan fingerprint density at radius 1 is 1.71 bits per heavy atom. The molecule has 0 bridgehead atoms. The molecule has 6 heteroatoms. The van der Waals surface area contributed by atoms with Crippen LogP contribution in [0.2, 0.25) is 0 Å². The average molecular weight is 253 g/mol. The van der Waals surface area contributed by atoms with Crippen molar-refractivity contribution in [1.29, 1.82) is 0 Å². The maximum Gasteiger partial charge on any atom is 0.266 e. The first kappa shape index (κ1) is 11.9. The summed E-state index contributed by atoms with van der Waals surface area (Å²) < 4.78 is 0. The minimum absolute atomic E-state index is 0.0813. The van der Waals surface area contributed by atoms with E-state index in [4.69, 9.17) is 5.73 Å². The lowest BCUT2D eigenvalue weighted by molar-refractivity contribution is -0.127. The van der Waals surface area contributed by atoms with Crippen molar-refractivity contribution in [2.45, 2.75) is 19.4 Å². The van der Waals surface area contributed by atoms with E-state index in [1.54, 1.807) is 16.3 Å². The number of nitrogens with zero attached hydrogens (tertiary/aromatic N) is 1. The number of rotatable bonds is 2. The van der Waals surface area contributed by atoms with Gasteiger partial charge in [-0.3, -0.25) is 9.59 Å². The number of carbonyl (C=O) groups is 2. The predicted octanol–water partition coefficient (Wildman–Crippen LogP) is 0.681. The number of nitrogens with two attached hydrogens (primary N) is 1. The molecule has 2 rings (SSSR count). The zero-order valence-electron chi connectivity index (χ0n) is 9.60. The van der Waals surface area contributed by atoms with Crippen LogP contribution in [-0.2, 0) is 4.79 Å². The molecule has 1 unspecified atom stereocenters. The Morgan fingerprint density at radius 3 is 3.06 bits per heavy atom. The molecule has 2 amide bonds. The number of piperazine rings is 1. The van der Waals surface area contributed by atoms with E-state index in [2.05, 4.69) is 5.32 Å². The number of nitrogens with one attached hydrogen (secondary N) is 1. The van der Waals surface area contributed by atoms with Crippen LogP contribution in [0.25, 0.3) is 0 Å².